The van der Waals surface area contributed by atoms with Gasteiger partial charge in [-0.1, -0.05) is 76.6 Å². The summed E-state index contributed by atoms with van der Waals surface area (Å²) in [4.78, 5) is 41.8. The SMILES string of the molecule is COC(=O)c1cccn2cc(-c3ccccc3)nc12.COC(=O)c1cccnc1N.O=C(CBr)c1ccccc1. The van der Waals surface area contributed by atoms with E-state index in [9.17, 15) is 14.4 Å². The summed E-state index contributed by atoms with van der Waals surface area (Å²) in [5, 5.41) is 0.400. The first-order chi connectivity index (χ1) is 19.4. The van der Waals surface area contributed by atoms with Gasteiger partial charge in [0.25, 0.3) is 0 Å². The van der Waals surface area contributed by atoms with Crippen LogP contribution in [0.2, 0.25) is 0 Å². The number of esters is 2. The normalized spacial score (nSPS) is 9.88. The molecule has 0 aliphatic heterocycles. The van der Waals surface area contributed by atoms with Crippen molar-refractivity contribution in [1.82, 2.24) is 14.4 Å². The molecule has 40 heavy (non-hydrogen) atoms. The second-order valence-corrected chi connectivity index (χ2v) is 8.55. The minimum Gasteiger partial charge on any atom is -0.465 e. The highest BCUT2D eigenvalue weighted by Crippen LogP contribution is 2.20. The van der Waals surface area contributed by atoms with Crippen LogP contribution in [-0.4, -0.2) is 51.6 Å². The highest BCUT2D eigenvalue weighted by Gasteiger charge is 2.13. The van der Waals surface area contributed by atoms with Crippen molar-refractivity contribution in [3.05, 3.63) is 120 Å². The summed E-state index contributed by atoms with van der Waals surface area (Å²) >= 11 is 3.10. The number of alkyl halides is 1. The molecule has 0 saturated carbocycles. The molecule has 204 valence electrons. The molecule has 0 spiro atoms. The van der Waals surface area contributed by atoms with Crippen molar-refractivity contribution in [2.24, 2.45) is 0 Å². The lowest BCUT2D eigenvalue weighted by atomic mass is 10.2. The number of pyridine rings is 2. The number of nitrogens with two attached hydrogens (primary N) is 1. The second kappa shape index (κ2) is 14.9. The summed E-state index contributed by atoms with van der Waals surface area (Å²) < 4.78 is 11.1. The van der Waals surface area contributed by atoms with E-state index in [1.807, 2.05) is 77.5 Å². The minimum absolute atomic E-state index is 0.126. The van der Waals surface area contributed by atoms with Crippen LogP contribution < -0.4 is 5.73 Å². The fourth-order valence-electron chi connectivity index (χ4n) is 3.43. The third kappa shape index (κ3) is 7.84. The molecule has 9 nitrogen and oxygen atoms in total. The second-order valence-electron chi connectivity index (χ2n) is 7.99. The highest BCUT2D eigenvalue weighted by molar-refractivity contribution is 9.09. The van der Waals surface area contributed by atoms with Crippen LogP contribution in [0.4, 0.5) is 5.82 Å². The van der Waals surface area contributed by atoms with Crippen LogP contribution in [0, 0.1) is 0 Å². The molecule has 2 aromatic carbocycles. The number of Topliss-reactive ketones (excluding diaryl/α,β-unsaturated/α-hetero) is 1. The van der Waals surface area contributed by atoms with Crippen molar-refractivity contribution < 1.29 is 23.9 Å². The van der Waals surface area contributed by atoms with Crippen LogP contribution >= 0.6 is 15.9 Å². The monoisotopic (exact) mass is 602 g/mol. The number of carbonyl (C=O) groups excluding carboxylic acids is 3. The van der Waals surface area contributed by atoms with E-state index in [-0.39, 0.29) is 17.6 Å². The number of carbonyl (C=O) groups is 3. The molecule has 3 aromatic heterocycles. The van der Waals surface area contributed by atoms with Crippen LogP contribution in [0.3, 0.4) is 0 Å². The van der Waals surface area contributed by atoms with Crippen LogP contribution in [0.15, 0.2) is 104 Å². The largest absolute Gasteiger partial charge is 0.465 e. The lowest BCUT2D eigenvalue weighted by Crippen LogP contribution is -2.06. The molecule has 0 atom stereocenters. The van der Waals surface area contributed by atoms with Crippen LogP contribution in [0.25, 0.3) is 16.9 Å². The van der Waals surface area contributed by atoms with Crippen molar-refractivity contribution in [2.75, 3.05) is 25.3 Å². The first kappa shape index (κ1) is 29.7. The van der Waals surface area contributed by atoms with Crippen molar-refractivity contribution in [3.63, 3.8) is 0 Å². The molecule has 0 saturated heterocycles. The van der Waals surface area contributed by atoms with Gasteiger partial charge in [-0.2, -0.15) is 0 Å². The summed E-state index contributed by atoms with van der Waals surface area (Å²) in [6.45, 7) is 0. The zero-order valence-electron chi connectivity index (χ0n) is 21.9. The van der Waals surface area contributed by atoms with Gasteiger partial charge in [0.05, 0.1) is 25.2 Å². The third-order valence-electron chi connectivity index (χ3n) is 5.42. The maximum absolute atomic E-state index is 11.7. The maximum atomic E-state index is 11.7. The van der Waals surface area contributed by atoms with E-state index >= 15 is 0 Å². The molecule has 0 aliphatic rings. The molecule has 5 rings (SSSR count). The van der Waals surface area contributed by atoms with Crippen LogP contribution in [0.5, 0.6) is 0 Å². The van der Waals surface area contributed by atoms with Crippen LogP contribution in [0.1, 0.15) is 31.1 Å². The Labute approximate surface area is 239 Å². The molecular formula is C30H27BrN4O5. The van der Waals surface area contributed by atoms with Crippen molar-refractivity contribution in [1.29, 1.82) is 0 Å². The van der Waals surface area contributed by atoms with Gasteiger partial charge in [0.1, 0.15) is 16.9 Å². The molecule has 0 radical (unpaired) electrons. The standard InChI is InChI=1S/C15H12N2O2.C8H7BrO.C7H8N2O2/c1-19-15(18)12-8-5-9-17-10-13(16-14(12)17)11-6-3-2-4-7-11;9-6-8(10)7-4-2-1-3-5-7;1-11-7(10)5-3-2-4-9-6(5)8/h2-10H,1H3;1-5H,6H2;2-4H,1H3,(H2,8,9). The predicted octanol–water partition coefficient (Wildman–Crippen LogP) is 5.50. The number of methoxy groups -OCH3 is 2. The van der Waals surface area contributed by atoms with Gasteiger partial charge in [-0.05, 0) is 24.3 Å². The lowest BCUT2D eigenvalue weighted by molar-refractivity contribution is 0.0593. The van der Waals surface area contributed by atoms with Gasteiger partial charge in [0, 0.05) is 29.7 Å². The highest BCUT2D eigenvalue weighted by atomic mass is 79.9. The van der Waals surface area contributed by atoms with Gasteiger partial charge in [0.15, 0.2) is 11.4 Å². The summed E-state index contributed by atoms with van der Waals surface area (Å²) in [7, 11) is 2.67. The number of benzene rings is 2. The van der Waals surface area contributed by atoms with E-state index in [1.165, 1.54) is 20.4 Å². The summed E-state index contributed by atoms with van der Waals surface area (Å²) in [5.74, 6) is -0.522. The number of nitrogen functional groups attached to an aromatic ring is 1. The fourth-order valence-corrected chi connectivity index (χ4v) is 3.76. The topological polar surface area (TPSA) is 126 Å². The molecule has 10 heteroatoms. The molecular weight excluding hydrogens is 576 g/mol. The molecule has 2 N–H and O–H groups in total. The third-order valence-corrected chi connectivity index (χ3v) is 5.93. The Morgan fingerprint density at radius 3 is 2.02 bits per heavy atom. The molecule has 0 unspecified atom stereocenters. The van der Waals surface area contributed by atoms with E-state index in [0.717, 1.165) is 16.8 Å². The average molecular weight is 603 g/mol. The number of rotatable bonds is 5. The minimum atomic E-state index is -0.462. The van der Waals surface area contributed by atoms with E-state index in [0.29, 0.717) is 22.1 Å². The van der Waals surface area contributed by atoms with E-state index in [1.54, 1.807) is 24.3 Å². The molecule has 3 heterocycles. The molecule has 0 bridgehead atoms. The zero-order chi connectivity index (χ0) is 28.9. The molecule has 0 fully saturated rings. The Kier molecular flexibility index (Phi) is 11.1. The van der Waals surface area contributed by atoms with Gasteiger partial charge in [0.2, 0.25) is 0 Å². The number of ether oxygens (including phenoxy) is 2. The van der Waals surface area contributed by atoms with Gasteiger partial charge < -0.3 is 19.6 Å². The summed E-state index contributed by atoms with van der Waals surface area (Å²) in [5.41, 5.74) is 9.37. The van der Waals surface area contributed by atoms with Crippen molar-refractivity contribution in [2.45, 2.75) is 0 Å². The van der Waals surface area contributed by atoms with Crippen molar-refractivity contribution in [3.8, 4) is 11.3 Å². The number of hydrogen-bond acceptors (Lipinski definition) is 8. The quantitative estimate of drug-likeness (QED) is 0.159. The Balaban J connectivity index is 0.000000180. The van der Waals surface area contributed by atoms with Gasteiger partial charge in [-0.25, -0.2) is 19.6 Å². The van der Waals surface area contributed by atoms with Gasteiger partial charge >= 0.3 is 11.9 Å². The Bertz CT molecular complexity index is 1570. The summed E-state index contributed by atoms with van der Waals surface area (Å²) in [6.07, 6.45) is 5.28. The number of hydrogen-bond donors (Lipinski definition) is 1. The number of ketones is 1. The number of nitrogens with zero attached hydrogens (tertiary/aromatic N) is 3. The van der Waals surface area contributed by atoms with Gasteiger partial charge in [-0.15, -0.1) is 0 Å². The first-order valence-electron chi connectivity index (χ1n) is 11.9. The van der Waals surface area contributed by atoms with Crippen LogP contribution in [-0.2, 0) is 9.47 Å². The predicted molar refractivity (Wildman–Crippen MR) is 157 cm³/mol. The number of aromatic nitrogens is 3. The number of imidazole rings is 1. The maximum Gasteiger partial charge on any atom is 0.341 e. The molecule has 0 aliphatic carbocycles. The average Bonchev–Trinajstić information content (AvgIpc) is 3.46. The van der Waals surface area contributed by atoms with Gasteiger partial charge in [-0.3, -0.25) is 4.79 Å². The van der Waals surface area contributed by atoms with Crippen molar-refractivity contribution >= 4 is 45.1 Å². The number of anilines is 1. The molecule has 0 amide bonds. The Hall–Kier alpha value is -4.83. The smallest absolute Gasteiger partial charge is 0.341 e. The van der Waals surface area contributed by atoms with E-state index in [4.69, 9.17) is 10.5 Å². The number of fused-ring (bicyclic) bond motifs is 1. The lowest BCUT2D eigenvalue weighted by Gasteiger charge is -2.00. The van der Waals surface area contributed by atoms with E-state index in [2.05, 4.69) is 30.6 Å². The van der Waals surface area contributed by atoms with E-state index < -0.39 is 5.97 Å². The first-order valence-corrected chi connectivity index (χ1v) is 13.1. The number of halogens is 1. The zero-order valence-corrected chi connectivity index (χ0v) is 23.4. The summed E-state index contributed by atoms with van der Waals surface area (Å²) in [6, 6.07) is 25.8. The Morgan fingerprint density at radius 1 is 0.825 bits per heavy atom. The fraction of sp³-hybridized carbons (Fsp3) is 0.100. The molecule has 5 aromatic rings. The Morgan fingerprint density at radius 2 is 1.43 bits per heavy atom.